The molecule has 1 saturated carbocycles. The van der Waals surface area contributed by atoms with Crippen molar-refractivity contribution < 1.29 is 35.6 Å². The lowest BCUT2D eigenvalue weighted by molar-refractivity contribution is -0.120. The van der Waals surface area contributed by atoms with Crippen molar-refractivity contribution in [2.24, 2.45) is 0 Å². The number of pyridine rings is 1. The van der Waals surface area contributed by atoms with Crippen molar-refractivity contribution in [3.05, 3.63) is 66.1 Å². The zero-order chi connectivity index (χ0) is 24.5. The highest BCUT2D eigenvalue weighted by atomic mass is 32.2. The Morgan fingerprint density at radius 2 is 1.68 bits per heavy atom. The Hall–Kier alpha value is -3.54. The lowest BCUT2D eigenvalue weighted by Gasteiger charge is -2.22. The van der Waals surface area contributed by atoms with Crippen LogP contribution >= 0.6 is 0 Å². The van der Waals surface area contributed by atoms with Gasteiger partial charge in [0.2, 0.25) is 0 Å². The van der Waals surface area contributed by atoms with Gasteiger partial charge in [0.1, 0.15) is 16.9 Å². The summed E-state index contributed by atoms with van der Waals surface area (Å²) < 4.78 is 75.8. The number of halogens is 4. The summed E-state index contributed by atoms with van der Waals surface area (Å²) in [6, 6.07) is 8.74. The van der Waals surface area contributed by atoms with Crippen molar-refractivity contribution >= 4 is 38.4 Å². The maximum absolute atomic E-state index is 14.1. The molecule has 0 N–H and O–H groups in total. The number of rotatable bonds is 4. The van der Waals surface area contributed by atoms with Gasteiger partial charge in [-0.15, -0.1) is 0 Å². The second-order valence-electron chi connectivity index (χ2n) is 8.09. The Morgan fingerprint density at radius 3 is 2.29 bits per heavy atom. The molecule has 0 radical (unpaired) electrons. The summed E-state index contributed by atoms with van der Waals surface area (Å²) in [6.07, 6.45) is 2.19. The number of aromatic nitrogens is 1. The Bertz CT molecular complexity index is 1450. The van der Waals surface area contributed by atoms with Gasteiger partial charge in [0.15, 0.2) is 0 Å². The lowest BCUT2D eigenvalue weighted by Crippen LogP contribution is -2.36. The van der Waals surface area contributed by atoms with Gasteiger partial charge in [-0.1, -0.05) is 12.1 Å². The van der Waals surface area contributed by atoms with E-state index in [1.54, 1.807) is 12.1 Å². The van der Waals surface area contributed by atoms with Crippen molar-refractivity contribution in [2.45, 2.75) is 35.3 Å². The Kier molecular flexibility index (Phi) is 4.73. The van der Waals surface area contributed by atoms with Gasteiger partial charge >= 0.3 is 11.5 Å². The highest BCUT2D eigenvalue weighted by molar-refractivity contribution is 7.92. The van der Waals surface area contributed by atoms with Crippen molar-refractivity contribution in [3.8, 4) is 0 Å². The molecule has 2 heterocycles. The van der Waals surface area contributed by atoms with Crippen LogP contribution in [0.15, 0.2) is 59.6 Å². The number of imide groups is 1. The zero-order valence-electron chi connectivity index (χ0n) is 17.2. The topological polar surface area (TPSA) is 87.7 Å². The molecule has 1 aromatic heterocycles. The predicted octanol–water partition coefficient (Wildman–Crippen LogP) is 4.17. The molecule has 12 heteroatoms. The van der Waals surface area contributed by atoms with E-state index in [0.29, 0.717) is 35.9 Å². The summed E-state index contributed by atoms with van der Waals surface area (Å²) in [7, 11) is -5.57. The molecule has 5 rings (SSSR count). The number of carbonyl (C=O) groups excluding carboxylic acids is 2. The third kappa shape index (κ3) is 3.16. The average Bonchev–Trinajstić information content (AvgIpc) is 3.56. The van der Waals surface area contributed by atoms with E-state index < -0.39 is 43.5 Å². The van der Waals surface area contributed by atoms with E-state index in [9.17, 15) is 35.6 Å². The molecular weight excluding hydrogens is 478 g/mol. The summed E-state index contributed by atoms with van der Waals surface area (Å²) in [5.41, 5.74) is -5.92. The molecule has 0 atom stereocenters. The van der Waals surface area contributed by atoms with E-state index in [1.165, 1.54) is 23.2 Å². The van der Waals surface area contributed by atoms with Crippen LogP contribution in [0, 0.1) is 5.82 Å². The van der Waals surface area contributed by atoms with Crippen LogP contribution in [0.3, 0.4) is 0 Å². The molecule has 1 aliphatic carbocycles. The van der Waals surface area contributed by atoms with Crippen LogP contribution in [0.4, 0.5) is 28.0 Å². The van der Waals surface area contributed by atoms with E-state index in [2.05, 4.69) is 4.98 Å². The van der Waals surface area contributed by atoms with Crippen molar-refractivity contribution in [3.63, 3.8) is 0 Å². The molecule has 3 amide bonds. The third-order valence-corrected chi connectivity index (χ3v) is 7.62. The van der Waals surface area contributed by atoms with Crippen LogP contribution in [0.25, 0.3) is 10.9 Å². The van der Waals surface area contributed by atoms with E-state index in [0.717, 1.165) is 17.0 Å². The SMILES string of the molecule is O=C1N(c2ccc(S(=O)(=O)C(F)(F)F)cc2)C(=O)C2(CC2)N1Cc1ccnc2c(F)cccc12. The van der Waals surface area contributed by atoms with Gasteiger partial charge in [0.25, 0.3) is 15.7 Å². The summed E-state index contributed by atoms with van der Waals surface area (Å²) in [6.45, 7) is -0.00984. The number of amides is 3. The maximum Gasteiger partial charge on any atom is 0.501 e. The van der Waals surface area contributed by atoms with Gasteiger partial charge in [-0.2, -0.15) is 13.2 Å². The number of urea groups is 1. The van der Waals surface area contributed by atoms with E-state index >= 15 is 0 Å². The van der Waals surface area contributed by atoms with Crippen LogP contribution in [-0.4, -0.2) is 41.3 Å². The second-order valence-corrected chi connectivity index (χ2v) is 10.0. The minimum atomic E-state index is -5.57. The van der Waals surface area contributed by atoms with Gasteiger partial charge in [0, 0.05) is 18.1 Å². The van der Waals surface area contributed by atoms with Crippen molar-refractivity contribution in [1.82, 2.24) is 9.88 Å². The van der Waals surface area contributed by atoms with Gasteiger partial charge in [0.05, 0.1) is 10.6 Å². The largest absolute Gasteiger partial charge is 0.501 e. The molecule has 2 fully saturated rings. The van der Waals surface area contributed by atoms with E-state index in [1.807, 2.05) is 0 Å². The number of sulfone groups is 1. The molecule has 1 saturated heterocycles. The molecule has 7 nitrogen and oxygen atoms in total. The number of benzene rings is 2. The average molecular weight is 493 g/mol. The van der Waals surface area contributed by atoms with Crippen LogP contribution < -0.4 is 4.90 Å². The molecule has 0 bridgehead atoms. The van der Waals surface area contributed by atoms with Crippen molar-refractivity contribution in [1.29, 1.82) is 0 Å². The molecule has 3 aromatic rings. The molecule has 176 valence electrons. The molecule has 0 unspecified atom stereocenters. The summed E-state index contributed by atoms with van der Waals surface area (Å²) in [5, 5.41) is 0.485. The normalized spacial score (nSPS) is 17.8. The number of hydrogen-bond donors (Lipinski definition) is 0. The molecular formula is C22H15F4N3O4S. The van der Waals surface area contributed by atoms with Gasteiger partial charge < -0.3 is 4.90 Å². The fourth-order valence-corrected chi connectivity index (χ4v) is 4.94. The van der Waals surface area contributed by atoms with Gasteiger partial charge in [-0.05, 0) is 54.8 Å². The zero-order valence-corrected chi connectivity index (χ0v) is 18.0. The van der Waals surface area contributed by atoms with E-state index in [4.69, 9.17) is 0 Å². The number of anilines is 1. The summed E-state index contributed by atoms with van der Waals surface area (Å²) in [4.78, 5) is 31.6. The van der Waals surface area contributed by atoms with Gasteiger partial charge in [-0.25, -0.2) is 22.5 Å². The summed E-state index contributed by atoms with van der Waals surface area (Å²) >= 11 is 0. The van der Waals surface area contributed by atoms with Crippen LogP contribution in [0.5, 0.6) is 0 Å². The lowest BCUT2D eigenvalue weighted by atomic mass is 10.1. The molecule has 1 spiro atoms. The Labute approximate surface area is 190 Å². The first-order chi connectivity index (χ1) is 16.0. The fraction of sp³-hybridized carbons (Fsp3) is 0.227. The quantitative estimate of drug-likeness (QED) is 0.402. The first-order valence-electron chi connectivity index (χ1n) is 10.1. The predicted molar refractivity (Wildman–Crippen MR) is 112 cm³/mol. The monoisotopic (exact) mass is 493 g/mol. The van der Waals surface area contributed by atoms with Crippen LogP contribution in [0.2, 0.25) is 0 Å². The number of fused-ring (bicyclic) bond motifs is 1. The third-order valence-electron chi connectivity index (χ3n) is 6.11. The minimum absolute atomic E-state index is 0.00984. The molecule has 34 heavy (non-hydrogen) atoms. The first-order valence-corrected chi connectivity index (χ1v) is 11.6. The van der Waals surface area contributed by atoms with Crippen molar-refractivity contribution in [2.75, 3.05) is 4.90 Å². The van der Waals surface area contributed by atoms with Gasteiger partial charge in [-0.3, -0.25) is 9.78 Å². The number of nitrogens with zero attached hydrogens (tertiary/aromatic N) is 3. The standard InChI is InChI=1S/C22H15F4N3O4S/c23-17-3-1-2-16-13(8-11-27-18(16)17)12-28-20(31)29(19(30)21(28)9-10-21)14-4-6-15(7-5-14)34(32,33)22(24,25)26/h1-8,11H,9-10,12H2. The molecule has 1 aliphatic heterocycles. The second kappa shape index (κ2) is 7.23. The summed E-state index contributed by atoms with van der Waals surface area (Å²) in [5.74, 6) is -1.08. The number of hydrogen-bond acceptors (Lipinski definition) is 5. The first kappa shape index (κ1) is 22.3. The maximum atomic E-state index is 14.1. The number of para-hydroxylation sites is 1. The number of carbonyl (C=O) groups is 2. The fourth-order valence-electron chi connectivity index (χ4n) is 4.18. The van der Waals surface area contributed by atoms with E-state index in [-0.39, 0.29) is 17.7 Å². The number of alkyl halides is 3. The van der Waals surface area contributed by atoms with Crippen LogP contribution in [-0.2, 0) is 21.2 Å². The smallest absolute Gasteiger partial charge is 0.305 e. The Balaban J connectivity index is 1.49. The molecule has 2 aromatic carbocycles. The highest BCUT2D eigenvalue weighted by Gasteiger charge is 2.65. The van der Waals surface area contributed by atoms with Crippen LogP contribution in [0.1, 0.15) is 18.4 Å². The molecule has 2 aliphatic rings. The minimum Gasteiger partial charge on any atom is -0.305 e. The highest BCUT2D eigenvalue weighted by Crippen LogP contribution is 2.50. The Morgan fingerprint density at radius 1 is 1.00 bits per heavy atom.